The zero-order valence-corrected chi connectivity index (χ0v) is 9.12. The maximum absolute atomic E-state index is 11.9. The van der Waals surface area contributed by atoms with Crippen LogP contribution in [0.2, 0.25) is 0 Å². The third-order valence-electron chi connectivity index (χ3n) is 3.05. The number of primary amides is 1. The molecule has 0 unspecified atom stereocenters. The quantitative estimate of drug-likeness (QED) is 0.748. The first kappa shape index (κ1) is 10.7. The third kappa shape index (κ3) is 1.66. The molecule has 1 saturated carbocycles. The Bertz CT molecular complexity index is 450. The number of carbonyl (C=O) groups excluding carboxylic acids is 2. The Hall–Kier alpha value is -1.84. The molecule has 4 heteroatoms. The molecule has 0 spiro atoms. The summed E-state index contributed by atoms with van der Waals surface area (Å²) in [7, 11) is 0. The average Bonchev–Trinajstić information content (AvgIpc) is 3.02. The highest BCUT2D eigenvalue weighted by Gasteiger charge is 2.55. The van der Waals surface area contributed by atoms with Gasteiger partial charge in [-0.3, -0.25) is 9.59 Å². The summed E-state index contributed by atoms with van der Waals surface area (Å²) in [4.78, 5) is 23.0. The van der Waals surface area contributed by atoms with E-state index in [0.717, 1.165) is 11.3 Å². The molecule has 3 N–H and O–H groups in total. The molecule has 1 aromatic carbocycles. The van der Waals surface area contributed by atoms with Gasteiger partial charge in [0.2, 0.25) is 11.8 Å². The number of para-hydroxylation sites is 1. The predicted molar refractivity (Wildman–Crippen MR) is 60.7 cm³/mol. The van der Waals surface area contributed by atoms with E-state index in [-0.39, 0.29) is 5.91 Å². The monoisotopic (exact) mass is 218 g/mol. The number of aryl methyl sites for hydroxylation is 1. The Balaban J connectivity index is 2.15. The van der Waals surface area contributed by atoms with E-state index in [0.29, 0.717) is 12.8 Å². The molecule has 1 aliphatic carbocycles. The highest BCUT2D eigenvalue weighted by molar-refractivity contribution is 6.12. The predicted octanol–water partition coefficient (Wildman–Crippen LogP) is 1.20. The lowest BCUT2D eigenvalue weighted by Gasteiger charge is -2.13. The van der Waals surface area contributed by atoms with E-state index in [9.17, 15) is 9.59 Å². The lowest BCUT2D eigenvalue weighted by atomic mass is 10.1. The number of carbonyl (C=O) groups is 2. The second-order valence-corrected chi connectivity index (χ2v) is 4.22. The van der Waals surface area contributed by atoms with Crippen molar-refractivity contribution in [1.82, 2.24) is 0 Å². The second kappa shape index (κ2) is 3.63. The summed E-state index contributed by atoms with van der Waals surface area (Å²) < 4.78 is 0. The summed E-state index contributed by atoms with van der Waals surface area (Å²) in [5.74, 6) is -0.812. The van der Waals surface area contributed by atoms with Gasteiger partial charge < -0.3 is 11.1 Å². The van der Waals surface area contributed by atoms with E-state index in [1.165, 1.54) is 0 Å². The van der Waals surface area contributed by atoms with E-state index < -0.39 is 11.3 Å². The molecule has 2 amide bonds. The molecule has 84 valence electrons. The number of benzene rings is 1. The standard InChI is InChI=1S/C12H14N2O2/c1-8-4-2-3-5-9(8)14-11(16)12(6-7-12)10(13)15/h2-5H,6-7H2,1H3,(H2,13,15)(H,14,16). The molecule has 2 rings (SSSR count). The fraction of sp³-hybridized carbons (Fsp3) is 0.333. The molecule has 0 atom stereocenters. The minimum Gasteiger partial charge on any atom is -0.369 e. The topological polar surface area (TPSA) is 72.2 Å². The Kier molecular flexibility index (Phi) is 2.42. The zero-order valence-electron chi connectivity index (χ0n) is 9.12. The van der Waals surface area contributed by atoms with Crippen LogP contribution in [0.5, 0.6) is 0 Å². The first-order valence-electron chi connectivity index (χ1n) is 5.23. The van der Waals surface area contributed by atoms with Gasteiger partial charge in [-0.15, -0.1) is 0 Å². The average molecular weight is 218 g/mol. The Morgan fingerprint density at radius 2 is 1.94 bits per heavy atom. The Morgan fingerprint density at radius 1 is 1.31 bits per heavy atom. The van der Waals surface area contributed by atoms with E-state index in [4.69, 9.17) is 5.73 Å². The van der Waals surface area contributed by atoms with Crippen molar-refractivity contribution in [3.8, 4) is 0 Å². The number of nitrogens with two attached hydrogens (primary N) is 1. The van der Waals surface area contributed by atoms with Crippen molar-refractivity contribution in [3.63, 3.8) is 0 Å². The molecule has 0 heterocycles. The second-order valence-electron chi connectivity index (χ2n) is 4.22. The highest BCUT2D eigenvalue weighted by Crippen LogP contribution is 2.46. The summed E-state index contributed by atoms with van der Waals surface area (Å²) in [6, 6.07) is 7.45. The Morgan fingerprint density at radius 3 is 2.44 bits per heavy atom. The van der Waals surface area contributed by atoms with Crippen LogP contribution < -0.4 is 11.1 Å². The van der Waals surface area contributed by atoms with Gasteiger partial charge >= 0.3 is 0 Å². The molecular formula is C12H14N2O2. The lowest BCUT2D eigenvalue weighted by Crippen LogP contribution is -2.36. The van der Waals surface area contributed by atoms with Gasteiger partial charge in [0.1, 0.15) is 5.41 Å². The van der Waals surface area contributed by atoms with Crippen molar-refractivity contribution < 1.29 is 9.59 Å². The fourth-order valence-corrected chi connectivity index (χ4v) is 1.67. The van der Waals surface area contributed by atoms with Crippen LogP contribution in [0.3, 0.4) is 0 Å². The van der Waals surface area contributed by atoms with Crippen molar-refractivity contribution >= 4 is 17.5 Å². The molecule has 1 aliphatic rings. The number of anilines is 1. The van der Waals surface area contributed by atoms with Crippen LogP contribution in [0.15, 0.2) is 24.3 Å². The first-order chi connectivity index (χ1) is 7.56. The lowest BCUT2D eigenvalue weighted by molar-refractivity contribution is -0.132. The van der Waals surface area contributed by atoms with Crippen molar-refractivity contribution in [2.75, 3.05) is 5.32 Å². The molecule has 4 nitrogen and oxygen atoms in total. The van der Waals surface area contributed by atoms with E-state index in [2.05, 4.69) is 5.32 Å². The van der Waals surface area contributed by atoms with Crippen molar-refractivity contribution in [2.24, 2.45) is 11.1 Å². The smallest absolute Gasteiger partial charge is 0.240 e. The van der Waals surface area contributed by atoms with Gasteiger partial charge in [0, 0.05) is 5.69 Å². The largest absolute Gasteiger partial charge is 0.369 e. The normalized spacial score (nSPS) is 16.6. The van der Waals surface area contributed by atoms with Crippen LogP contribution in [-0.2, 0) is 9.59 Å². The van der Waals surface area contributed by atoms with Gasteiger partial charge in [-0.25, -0.2) is 0 Å². The van der Waals surface area contributed by atoms with E-state index in [1.807, 2.05) is 31.2 Å². The van der Waals surface area contributed by atoms with Crippen LogP contribution in [0.1, 0.15) is 18.4 Å². The number of amides is 2. The number of hydrogen-bond acceptors (Lipinski definition) is 2. The van der Waals surface area contributed by atoms with Crippen LogP contribution in [0.4, 0.5) is 5.69 Å². The van der Waals surface area contributed by atoms with Crippen molar-refractivity contribution in [3.05, 3.63) is 29.8 Å². The van der Waals surface area contributed by atoms with Gasteiger partial charge in [-0.1, -0.05) is 18.2 Å². The van der Waals surface area contributed by atoms with E-state index in [1.54, 1.807) is 0 Å². The molecule has 16 heavy (non-hydrogen) atoms. The summed E-state index contributed by atoms with van der Waals surface area (Å²) in [6.45, 7) is 1.90. The molecular weight excluding hydrogens is 204 g/mol. The first-order valence-corrected chi connectivity index (χ1v) is 5.23. The maximum Gasteiger partial charge on any atom is 0.240 e. The molecule has 1 aromatic rings. The van der Waals surface area contributed by atoms with Crippen LogP contribution in [0, 0.1) is 12.3 Å². The minimum absolute atomic E-state index is 0.283. The maximum atomic E-state index is 11.9. The van der Waals surface area contributed by atoms with Crippen LogP contribution in [-0.4, -0.2) is 11.8 Å². The molecule has 0 saturated heterocycles. The summed E-state index contributed by atoms with van der Waals surface area (Å²) in [5, 5.41) is 2.75. The SMILES string of the molecule is Cc1ccccc1NC(=O)C1(C(N)=O)CC1. The van der Waals surface area contributed by atoms with Crippen LogP contribution >= 0.6 is 0 Å². The number of rotatable bonds is 3. The minimum atomic E-state index is -0.956. The van der Waals surface area contributed by atoms with Gasteiger partial charge in [-0.05, 0) is 31.4 Å². The summed E-state index contributed by atoms with van der Waals surface area (Å²) in [5.41, 5.74) is 5.97. The number of hydrogen-bond donors (Lipinski definition) is 2. The van der Waals surface area contributed by atoms with Crippen molar-refractivity contribution in [1.29, 1.82) is 0 Å². The van der Waals surface area contributed by atoms with Gasteiger partial charge in [-0.2, -0.15) is 0 Å². The highest BCUT2D eigenvalue weighted by atomic mass is 16.2. The van der Waals surface area contributed by atoms with E-state index >= 15 is 0 Å². The summed E-state index contributed by atoms with van der Waals surface area (Å²) >= 11 is 0. The Labute approximate surface area is 93.8 Å². The molecule has 1 fully saturated rings. The fourth-order valence-electron chi connectivity index (χ4n) is 1.67. The molecule has 0 bridgehead atoms. The zero-order chi connectivity index (χ0) is 11.8. The molecule has 0 aliphatic heterocycles. The number of nitrogens with one attached hydrogen (secondary N) is 1. The van der Waals surface area contributed by atoms with Crippen molar-refractivity contribution in [2.45, 2.75) is 19.8 Å². The summed E-state index contributed by atoms with van der Waals surface area (Å²) in [6.07, 6.45) is 1.11. The van der Waals surface area contributed by atoms with Gasteiger partial charge in [0.25, 0.3) is 0 Å². The third-order valence-corrected chi connectivity index (χ3v) is 3.05. The van der Waals surface area contributed by atoms with Crippen LogP contribution in [0.25, 0.3) is 0 Å². The van der Waals surface area contributed by atoms with Gasteiger partial charge in [0.15, 0.2) is 0 Å². The molecule has 0 aromatic heterocycles. The molecule has 0 radical (unpaired) electrons. The van der Waals surface area contributed by atoms with Gasteiger partial charge in [0.05, 0.1) is 0 Å².